The summed E-state index contributed by atoms with van der Waals surface area (Å²) >= 11 is 1.48. The maximum Gasteiger partial charge on any atom is 0.407 e. The first-order valence-electron chi connectivity index (χ1n) is 8.16. The largest absolute Gasteiger partial charge is 0.444 e. The average molecular weight is 336 g/mol. The number of hydrogen-bond donors (Lipinski definition) is 1. The van der Waals surface area contributed by atoms with Crippen molar-refractivity contribution >= 4 is 23.3 Å². The minimum Gasteiger partial charge on any atom is -0.444 e. The monoisotopic (exact) mass is 336 g/mol. The summed E-state index contributed by atoms with van der Waals surface area (Å²) in [6, 6.07) is 3.88. The van der Waals surface area contributed by atoms with Gasteiger partial charge in [0, 0.05) is 25.0 Å². The molecule has 1 aromatic heterocycles. The number of carbonyl (C=O) groups is 2. The van der Waals surface area contributed by atoms with E-state index in [1.165, 1.54) is 11.3 Å². The van der Waals surface area contributed by atoms with Crippen LogP contribution in [0.1, 0.15) is 43.3 Å². The summed E-state index contributed by atoms with van der Waals surface area (Å²) in [5, 5.41) is 4.93. The third kappa shape index (κ3) is 3.68. The van der Waals surface area contributed by atoms with Gasteiger partial charge in [0.2, 0.25) is 0 Å². The lowest BCUT2D eigenvalue weighted by atomic mass is 9.98. The first kappa shape index (κ1) is 16.3. The number of fused-ring (bicyclic) bond motifs is 1. The highest BCUT2D eigenvalue weighted by atomic mass is 32.1. The third-order valence-electron chi connectivity index (χ3n) is 4.58. The zero-order valence-electron chi connectivity index (χ0n) is 13.9. The lowest BCUT2D eigenvalue weighted by Gasteiger charge is -2.24. The van der Waals surface area contributed by atoms with E-state index in [0.29, 0.717) is 11.8 Å². The number of alkyl carbamates (subject to hydrolysis) is 1. The molecule has 2 amide bonds. The summed E-state index contributed by atoms with van der Waals surface area (Å²) in [7, 11) is 0. The van der Waals surface area contributed by atoms with Gasteiger partial charge in [-0.15, -0.1) is 11.3 Å². The van der Waals surface area contributed by atoms with Gasteiger partial charge in [0.05, 0.1) is 4.88 Å². The Morgan fingerprint density at radius 1 is 1.30 bits per heavy atom. The van der Waals surface area contributed by atoms with Gasteiger partial charge in [-0.25, -0.2) is 4.79 Å². The van der Waals surface area contributed by atoms with Crippen LogP contribution in [0.5, 0.6) is 0 Å². The van der Waals surface area contributed by atoms with E-state index in [0.717, 1.165) is 30.8 Å². The molecule has 2 aliphatic rings. The van der Waals surface area contributed by atoms with Crippen molar-refractivity contribution in [3.05, 3.63) is 22.4 Å². The highest BCUT2D eigenvalue weighted by Crippen LogP contribution is 2.39. The van der Waals surface area contributed by atoms with Crippen molar-refractivity contribution in [2.24, 2.45) is 11.8 Å². The number of carbonyl (C=O) groups excluding carboxylic acids is 2. The van der Waals surface area contributed by atoms with Gasteiger partial charge in [-0.1, -0.05) is 6.07 Å². The van der Waals surface area contributed by atoms with E-state index in [2.05, 4.69) is 5.32 Å². The fourth-order valence-electron chi connectivity index (χ4n) is 3.63. The minimum absolute atomic E-state index is 0.107. The molecule has 3 atom stereocenters. The van der Waals surface area contributed by atoms with E-state index in [1.807, 2.05) is 43.2 Å². The van der Waals surface area contributed by atoms with E-state index in [1.54, 1.807) is 0 Å². The van der Waals surface area contributed by atoms with Crippen LogP contribution in [0.15, 0.2) is 17.5 Å². The van der Waals surface area contributed by atoms with Crippen molar-refractivity contribution in [2.75, 3.05) is 13.1 Å². The van der Waals surface area contributed by atoms with Crippen LogP contribution in [-0.4, -0.2) is 41.6 Å². The number of amides is 2. The lowest BCUT2D eigenvalue weighted by molar-refractivity contribution is 0.0491. The Morgan fingerprint density at radius 3 is 2.74 bits per heavy atom. The SMILES string of the molecule is CC(C)(C)OC(=O)N[C@@H]1CC[C@@H]2CN(C(=O)c3cccs3)C[C@@H]21. The second-order valence-corrected chi connectivity index (χ2v) is 8.39. The molecule has 126 valence electrons. The van der Waals surface area contributed by atoms with Crippen LogP contribution in [0.4, 0.5) is 4.79 Å². The smallest absolute Gasteiger partial charge is 0.407 e. The van der Waals surface area contributed by atoms with Gasteiger partial charge in [-0.2, -0.15) is 0 Å². The van der Waals surface area contributed by atoms with Gasteiger partial charge >= 0.3 is 6.09 Å². The van der Waals surface area contributed by atoms with Crippen molar-refractivity contribution < 1.29 is 14.3 Å². The van der Waals surface area contributed by atoms with Gasteiger partial charge in [0.25, 0.3) is 5.91 Å². The summed E-state index contributed by atoms with van der Waals surface area (Å²) in [4.78, 5) is 27.2. The summed E-state index contributed by atoms with van der Waals surface area (Å²) in [5.74, 6) is 0.940. The molecule has 0 radical (unpaired) electrons. The predicted octanol–water partition coefficient (Wildman–Crippen LogP) is 3.12. The molecular weight excluding hydrogens is 312 g/mol. The maximum atomic E-state index is 12.5. The zero-order chi connectivity index (χ0) is 16.6. The molecular formula is C17H24N2O3S. The van der Waals surface area contributed by atoms with Crippen molar-refractivity contribution in [1.29, 1.82) is 0 Å². The number of likely N-dealkylation sites (tertiary alicyclic amines) is 1. The molecule has 1 aromatic rings. The molecule has 2 fully saturated rings. The van der Waals surface area contributed by atoms with Gasteiger partial charge in [-0.3, -0.25) is 4.79 Å². The lowest BCUT2D eigenvalue weighted by Crippen LogP contribution is -2.42. The Hall–Kier alpha value is -1.56. The minimum atomic E-state index is -0.487. The van der Waals surface area contributed by atoms with Crippen LogP contribution in [-0.2, 0) is 4.74 Å². The van der Waals surface area contributed by atoms with Gasteiger partial charge in [0.1, 0.15) is 5.60 Å². The molecule has 0 bridgehead atoms. The van der Waals surface area contributed by atoms with Crippen molar-refractivity contribution in [3.8, 4) is 0 Å². The highest BCUT2D eigenvalue weighted by molar-refractivity contribution is 7.12. The molecule has 6 heteroatoms. The van der Waals surface area contributed by atoms with Crippen LogP contribution in [0.3, 0.4) is 0 Å². The molecule has 1 N–H and O–H groups in total. The Balaban J connectivity index is 1.59. The van der Waals surface area contributed by atoms with Crippen LogP contribution >= 0.6 is 11.3 Å². The van der Waals surface area contributed by atoms with Crippen molar-refractivity contribution in [3.63, 3.8) is 0 Å². The molecule has 1 saturated heterocycles. The Kier molecular flexibility index (Phi) is 4.36. The van der Waals surface area contributed by atoms with E-state index >= 15 is 0 Å². The summed E-state index contributed by atoms with van der Waals surface area (Å²) in [6.45, 7) is 7.11. The molecule has 1 aliphatic heterocycles. The van der Waals surface area contributed by atoms with Crippen molar-refractivity contribution in [2.45, 2.75) is 45.3 Å². The van der Waals surface area contributed by atoms with Crippen molar-refractivity contribution in [1.82, 2.24) is 10.2 Å². The number of nitrogens with one attached hydrogen (secondary N) is 1. The number of rotatable bonds is 2. The van der Waals surface area contributed by atoms with E-state index < -0.39 is 5.60 Å². The predicted molar refractivity (Wildman–Crippen MR) is 89.6 cm³/mol. The summed E-state index contributed by atoms with van der Waals surface area (Å²) < 4.78 is 5.35. The fourth-order valence-corrected chi connectivity index (χ4v) is 4.32. The topological polar surface area (TPSA) is 58.6 Å². The van der Waals surface area contributed by atoms with Crippen LogP contribution < -0.4 is 5.32 Å². The normalized spacial score (nSPS) is 26.9. The molecule has 0 unspecified atom stereocenters. The zero-order valence-corrected chi connectivity index (χ0v) is 14.7. The Bertz CT molecular complexity index is 579. The van der Waals surface area contributed by atoms with Crippen LogP contribution in [0.25, 0.3) is 0 Å². The van der Waals surface area contributed by atoms with Gasteiger partial charge in [0.15, 0.2) is 0 Å². The number of ether oxygens (including phenoxy) is 1. The van der Waals surface area contributed by atoms with Crippen LogP contribution in [0.2, 0.25) is 0 Å². The Labute approximate surface area is 141 Å². The molecule has 5 nitrogen and oxygen atoms in total. The number of thiophene rings is 1. The van der Waals surface area contributed by atoms with Gasteiger partial charge < -0.3 is 15.0 Å². The molecule has 1 saturated carbocycles. The number of hydrogen-bond acceptors (Lipinski definition) is 4. The quantitative estimate of drug-likeness (QED) is 0.903. The number of nitrogens with zero attached hydrogens (tertiary/aromatic N) is 1. The molecule has 3 rings (SSSR count). The van der Waals surface area contributed by atoms with Gasteiger partial charge in [-0.05, 0) is 51.0 Å². The molecule has 23 heavy (non-hydrogen) atoms. The molecule has 0 aromatic carbocycles. The fraction of sp³-hybridized carbons (Fsp3) is 0.647. The van der Waals surface area contributed by atoms with Crippen LogP contribution in [0, 0.1) is 11.8 Å². The third-order valence-corrected chi connectivity index (χ3v) is 5.44. The summed E-state index contributed by atoms with van der Waals surface area (Å²) in [6.07, 6.45) is 1.67. The molecule has 2 heterocycles. The first-order chi connectivity index (χ1) is 10.8. The van der Waals surface area contributed by atoms with E-state index in [-0.39, 0.29) is 18.0 Å². The average Bonchev–Trinajstić information content (AvgIpc) is 3.13. The second kappa shape index (κ2) is 6.15. The summed E-state index contributed by atoms with van der Waals surface area (Å²) in [5.41, 5.74) is -0.487. The highest BCUT2D eigenvalue weighted by Gasteiger charge is 2.45. The van der Waals surface area contributed by atoms with E-state index in [9.17, 15) is 9.59 Å². The maximum absolute atomic E-state index is 12.5. The second-order valence-electron chi connectivity index (χ2n) is 7.44. The van der Waals surface area contributed by atoms with E-state index in [4.69, 9.17) is 4.74 Å². The Morgan fingerprint density at radius 2 is 2.09 bits per heavy atom. The first-order valence-corrected chi connectivity index (χ1v) is 9.04. The standard InChI is InChI=1S/C17H24N2O3S/c1-17(2,3)22-16(21)18-13-7-6-11-9-19(10-12(11)13)15(20)14-5-4-8-23-14/h4-5,8,11-13H,6-7,9-10H2,1-3H3,(H,18,21)/t11-,12+,13-/m1/s1. The molecule has 0 spiro atoms. The molecule has 1 aliphatic carbocycles.